The van der Waals surface area contributed by atoms with E-state index in [1.54, 1.807) is 12.2 Å². The maximum absolute atomic E-state index is 12.5. The summed E-state index contributed by atoms with van der Waals surface area (Å²) in [5.41, 5.74) is 1.32. The molecule has 0 atom stereocenters. The summed E-state index contributed by atoms with van der Waals surface area (Å²) in [6.45, 7) is -0.458. The third-order valence-corrected chi connectivity index (χ3v) is 5.42. The fraction of sp³-hybridized carbons (Fsp3) is 0.0909. The van der Waals surface area contributed by atoms with Crippen molar-refractivity contribution < 1.29 is 23.9 Å². The average Bonchev–Trinajstić information content (AvgIpc) is 3.02. The lowest BCUT2D eigenvalue weighted by molar-refractivity contribution is -0.127. The zero-order valence-corrected chi connectivity index (χ0v) is 17.9. The predicted molar refractivity (Wildman–Crippen MR) is 120 cm³/mol. The molecule has 0 bridgehead atoms. The lowest BCUT2D eigenvalue weighted by atomic mass is 10.2. The summed E-state index contributed by atoms with van der Waals surface area (Å²) >= 11 is 6.72. The van der Waals surface area contributed by atoms with Crippen molar-refractivity contribution in [3.63, 3.8) is 0 Å². The van der Waals surface area contributed by atoms with E-state index in [2.05, 4.69) is 10.1 Å². The molecule has 1 aliphatic heterocycles. The lowest BCUT2D eigenvalue weighted by Crippen LogP contribution is -2.36. The maximum Gasteiger partial charge on any atom is 0.339 e. The van der Waals surface area contributed by atoms with E-state index in [9.17, 15) is 19.2 Å². The van der Waals surface area contributed by atoms with Gasteiger partial charge in [0, 0.05) is 5.69 Å². The van der Waals surface area contributed by atoms with E-state index in [1.807, 2.05) is 30.3 Å². The number of imide groups is 1. The van der Waals surface area contributed by atoms with E-state index in [1.165, 1.54) is 31.4 Å². The molecule has 1 N–H and O–H groups in total. The second kappa shape index (κ2) is 10.1. The number of allylic oxidation sites excluding steroid dienone is 2. The highest BCUT2D eigenvalue weighted by Gasteiger charge is 2.36. The van der Waals surface area contributed by atoms with Crippen molar-refractivity contribution in [1.82, 2.24) is 4.90 Å². The van der Waals surface area contributed by atoms with Gasteiger partial charge in [0.25, 0.3) is 11.1 Å². The third-order valence-electron chi connectivity index (χ3n) is 4.17. The van der Waals surface area contributed by atoms with E-state index < -0.39 is 29.6 Å². The van der Waals surface area contributed by atoms with Crippen molar-refractivity contribution in [2.24, 2.45) is 0 Å². The van der Waals surface area contributed by atoms with Crippen molar-refractivity contribution >= 4 is 58.1 Å². The predicted octanol–water partition coefficient (Wildman–Crippen LogP) is 4.36. The molecule has 0 saturated carbocycles. The Balaban J connectivity index is 1.64. The summed E-state index contributed by atoms with van der Waals surface area (Å²) < 4.78 is 4.64. The number of carbonyl (C=O) groups excluding carboxylic acids is 4. The van der Waals surface area contributed by atoms with Gasteiger partial charge in [0.15, 0.2) is 0 Å². The maximum atomic E-state index is 12.5. The van der Waals surface area contributed by atoms with Crippen LogP contribution in [0.5, 0.6) is 0 Å². The molecule has 31 heavy (non-hydrogen) atoms. The van der Waals surface area contributed by atoms with Crippen LogP contribution in [-0.2, 0) is 14.3 Å². The normalized spacial score (nSPS) is 15.0. The highest BCUT2D eigenvalue weighted by molar-refractivity contribution is 8.18. The van der Waals surface area contributed by atoms with Crippen molar-refractivity contribution in [3.8, 4) is 0 Å². The molecule has 1 saturated heterocycles. The molecular formula is C22H17ClN2O5S. The highest BCUT2D eigenvalue weighted by atomic mass is 35.5. The summed E-state index contributed by atoms with van der Waals surface area (Å²) in [6.07, 6.45) is 5.02. The van der Waals surface area contributed by atoms with Gasteiger partial charge < -0.3 is 10.1 Å². The number of esters is 1. The van der Waals surface area contributed by atoms with Crippen LogP contribution in [-0.4, -0.2) is 41.6 Å². The van der Waals surface area contributed by atoms with Gasteiger partial charge in [0.05, 0.1) is 22.6 Å². The molecule has 9 heteroatoms. The first-order valence-electron chi connectivity index (χ1n) is 9.04. The number of hydrogen-bond donors (Lipinski definition) is 1. The van der Waals surface area contributed by atoms with E-state index in [0.717, 1.165) is 22.2 Å². The first-order chi connectivity index (χ1) is 14.9. The molecule has 3 rings (SSSR count). The summed E-state index contributed by atoms with van der Waals surface area (Å²) in [4.78, 5) is 49.8. The van der Waals surface area contributed by atoms with Crippen molar-refractivity contribution in [3.05, 3.63) is 81.7 Å². The molecule has 2 aromatic carbocycles. The molecule has 7 nitrogen and oxygen atoms in total. The number of hydrogen-bond acceptors (Lipinski definition) is 6. The van der Waals surface area contributed by atoms with Gasteiger partial charge in [-0.1, -0.05) is 54.1 Å². The Morgan fingerprint density at radius 3 is 2.61 bits per heavy atom. The Morgan fingerprint density at radius 2 is 1.90 bits per heavy atom. The number of nitrogens with one attached hydrogen (secondary N) is 1. The third kappa shape index (κ3) is 5.62. The van der Waals surface area contributed by atoms with Gasteiger partial charge >= 0.3 is 5.97 Å². The first-order valence-corrected chi connectivity index (χ1v) is 10.2. The summed E-state index contributed by atoms with van der Waals surface area (Å²) in [6, 6.07) is 13.8. The summed E-state index contributed by atoms with van der Waals surface area (Å²) in [5.74, 6) is -1.79. The lowest BCUT2D eigenvalue weighted by Gasteiger charge is -2.13. The van der Waals surface area contributed by atoms with Gasteiger partial charge in [-0.25, -0.2) is 4.79 Å². The van der Waals surface area contributed by atoms with E-state index in [-0.39, 0.29) is 21.2 Å². The van der Waals surface area contributed by atoms with Gasteiger partial charge in [-0.05, 0) is 41.6 Å². The topological polar surface area (TPSA) is 92.8 Å². The van der Waals surface area contributed by atoms with Gasteiger partial charge in [-0.2, -0.15) is 0 Å². The van der Waals surface area contributed by atoms with Crippen LogP contribution in [0.2, 0.25) is 5.02 Å². The van der Waals surface area contributed by atoms with Crippen LogP contribution in [0.25, 0.3) is 6.08 Å². The van der Waals surface area contributed by atoms with Crippen molar-refractivity contribution in [1.29, 1.82) is 0 Å². The van der Waals surface area contributed by atoms with E-state index in [0.29, 0.717) is 0 Å². The van der Waals surface area contributed by atoms with E-state index in [4.69, 9.17) is 11.6 Å². The second-order valence-electron chi connectivity index (χ2n) is 6.29. The minimum absolute atomic E-state index is 0.0845. The number of halogens is 1. The van der Waals surface area contributed by atoms with Crippen molar-refractivity contribution in [2.75, 3.05) is 19.0 Å². The van der Waals surface area contributed by atoms with Gasteiger partial charge in [0.2, 0.25) is 5.91 Å². The van der Waals surface area contributed by atoms with Crippen LogP contribution in [0.3, 0.4) is 0 Å². The number of anilines is 1. The summed E-state index contributed by atoms with van der Waals surface area (Å²) in [7, 11) is 1.21. The Kier molecular flexibility index (Phi) is 7.28. The zero-order chi connectivity index (χ0) is 22.4. The van der Waals surface area contributed by atoms with Crippen LogP contribution in [0.1, 0.15) is 15.9 Å². The van der Waals surface area contributed by atoms with Crippen LogP contribution >= 0.6 is 23.4 Å². The van der Waals surface area contributed by atoms with Gasteiger partial charge in [-0.15, -0.1) is 0 Å². The fourth-order valence-corrected chi connectivity index (χ4v) is 3.66. The Hall–Kier alpha value is -3.36. The number of ether oxygens (including phenoxy) is 1. The quantitative estimate of drug-likeness (QED) is 0.513. The molecule has 0 aromatic heterocycles. The van der Waals surface area contributed by atoms with Crippen LogP contribution in [0.15, 0.2) is 65.6 Å². The number of thioether (sulfide) groups is 1. The first kappa shape index (κ1) is 22.3. The zero-order valence-electron chi connectivity index (χ0n) is 16.3. The summed E-state index contributed by atoms with van der Waals surface area (Å²) in [5, 5.41) is 2.18. The van der Waals surface area contributed by atoms with Crippen LogP contribution in [0, 0.1) is 0 Å². The number of benzene rings is 2. The SMILES string of the molecule is COC(=O)c1cc(NC(=O)CN2C(=O)S/C(=C/C=C/c3ccccc3)C2=O)ccc1Cl. The molecule has 158 valence electrons. The Bertz CT molecular complexity index is 1100. The molecule has 3 amide bonds. The van der Waals surface area contributed by atoms with Gasteiger partial charge in [0.1, 0.15) is 6.54 Å². The molecule has 0 radical (unpaired) electrons. The monoisotopic (exact) mass is 456 g/mol. The van der Waals surface area contributed by atoms with Crippen molar-refractivity contribution in [2.45, 2.75) is 0 Å². The standard InChI is InChI=1S/C22H17ClN2O5S/c1-30-21(28)16-12-15(10-11-17(16)23)24-19(26)13-25-20(27)18(31-22(25)29)9-5-8-14-6-3-2-4-7-14/h2-12H,13H2,1H3,(H,24,26)/b8-5+,18-9+. The minimum Gasteiger partial charge on any atom is -0.465 e. The smallest absolute Gasteiger partial charge is 0.339 e. The molecular weight excluding hydrogens is 440 g/mol. The second-order valence-corrected chi connectivity index (χ2v) is 7.69. The highest BCUT2D eigenvalue weighted by Crippen LogP contribution is 2.30. The molecule has 2 aromatic rings. The number of methoxy groups -OCH3 is 1. The molecule has 0 spiro atoms. The number of rotatable bonds is 6. The Morgan fingerprint density at radius 1 is 1.16 bits per heavy atom. The van der Waals surface area contributed by atoms with Crippen LogP contribution in [0.4, 0.5) is 10.5 Å². The molecule has 1 heterocycles. The minimum atomic E-state index is -0.652. The fourth-order valence-electron chi connectivity index (χ4n) is 2.67. The molecule has 1 fully saturated rings. The Labute approximate surface area is 187 Å². The average molecular weight is 457 g/mol. The van der Waals surface area contributed by atoms with Gasteiger partial charge in [-0.3, -0.25) is 19.3 Å². The van der Waals surface area contributed by atoms with E-state index >= 15 is 0 Å². The molecule has 0 unspecified atom stereocenters. The largest absolute Gasteiger partial charge is 0.465 e. The number of carbonyl (C=O) groups is 4. The number of amides is 3. The molecule has 1 aliphatic rings. The molecule has 0 aliphatic carbocycles. The van der Waals surface area contributed by atoms with Crippen LogP contribution < -0.4 is 5.32 Å². The number of nitrogens with zero attached hydrogens (tertiary/aromatic N) is 1.